The Morgan fingerprint density at radius 3 is 2.35 bits per heavy atom. The van der Waals surface area contributed by atoms with Gasteiger partial charge < -0.3 is 5.11 Å². The van der Waals surface area contributed by atoms with E-state index in [9.17, 15) is 5.11 Å². The number of aliphatic hydroxyl groups is 1. The van der Waals surface area contributed by atoms with E-state index in [-0.39, 0.29) is 11.6 Å². The van der Waals surface area contributed by atoms with E-state index in [1.807, 2.05) is 0 Å². The van der Waals surface area contributed by atoms with Crippen molar-refractivity contribution in [2.45, 2.75) is 50.7 Å². The highest BCUT2D eigenvalue weighted by Crippen LogP contribution is 2.54. The van der Waals surface area contributed by atoms with Gasteiger partial charge in [-0.3, -0.25) is 4.99 Å². The molecule has 1 aromatic carbocycles. The molecule has 20 heavy (non-hydrogen) atoms. The van der Waals surface area contributed by atoms with E-state index in [2.05, 4.69) is 37.3 Å². The van der Waals surface area contributed by atoms with Crippen LogP contribution >= 0.6 is 0 Å². The molecule has 2 unspecified atom stereocenters. The lowest BCUT2D eigenvalue weighted by molar-refractivity contribution is -0.0825. The standard InChI is InChI=1S/C18H23NO/c1-12(14-5-3-2-4-6-14)19-17-15-7-13-8-16(17)11-18(20,9-13)10-15/h2-6,12-13,15-16,20H,7-11H2,1H3/t12-,13?,15-,16+,18?/m0/s1. The van der Waals surface area contributed by atoms with Gasteiger partial charge >= 0.3 is 0 Å². The van der Waals surface area contributed by atoms with Gasteiger partial charge in [0.2, 0.25) is 0 Å². The van der Waals surface area contributed by atoms with Crippen molar-refractivity contribution in [3.63, 3.8) is 0 Å². The number of hydrogen-bond acceptors (Lipinski definition) is 2. The van der Waals surface area contributed by atoms with Crippen molar-refractivity contribution in [2.24, 2.45) is 22.7 Å². The Labute approximate surface area is 120 Å². The van der Waals surface area contributed by atoms with Gasteiger partial charge in [0.25, 0.3) is 0 Å². The average Bonchev–Trinajstić information content (AvgIpc) is 2.42. The minimum atomic E-state index is -0.356. The van der Waals surface area contributed by atoms with Gasteiger partial charge in [0, 0.05) is 17.5 Å². The lowest BCUT2D eigenvalue weighted by Crippen LogP contribution is -2.55. The van der Waals surface area contributed by atoms with Crippen LogP contribution in [0.2, 0.25) is 0 Å². The molecule has 0 saturated heterocycles. The average molecular weight is 269 g/mol. The van der Waals surface area contributed by atoms with Gasteiger partial charge in [-0.15, -0.1) is 0 Å². The second-order valence-corrected chi connectivity index (χ2v) is 7.21. The van der Waals surface area contributed by atoms with Crippen LogP contribution in [-0.2, 0) is 0 Å². The molecule has 106 valence electrons. The van der Waals surface area contributed by atoms with E-state index in [1.165, 1.54) is 24.1 Å². The molecule has 2 nitrogen and oxygen atoms in total. The van der Waals surface area contributed by atoms with Gasteiger partial charge in [0.15, 0.2) is 0 Å². The van der Waals surface area contributed by atoms with Gasteiger partial charge in [0.05, 0.1) is 11.6 Å². The monoisotopic (exact) mass is 269 g/mol. The zero-order valence-corrected chi connectivity index (χ0v) is 12.1. The van der Waals surface area contributed by atoms with Crippen LogP contribution in [0.15, 0.2) is 35.3 Å². The molecule has 5 rings (SSSR count). The molecule has 1 N–H and O–H groups in total. The quantitative estimate of drug-likeness (QED) is 0.871. The van der Waals surface area contributed by atoms with Crippen molar-refractivity contribution in [2.75, 3.05) is 0 Å². The summed E-state index contributed by atoms with van der Waals surface area (Å²) in [6.45, 7) is 2.20. The van der Waals surface area contributed by atoms with Crippen LogP contribution < -0.4 is 0 Å². The molecule has 0 amide bonds. The summed E-state index contributed by atoms with van der Waals surface area (Å²) in [6, 6.07) is 10.8. The van der Waals surface area contributed by atoms with Crippen molar-refractivity contribution >= 4 is 5.71 Å². The number of nitrogens with zero attached hydrogens (tertiary/aromatic N) is 1. The molecule has 4 bridgehead atoms. The zero-order valence-electron chi connectivity index (χ0n) is 12.1. The van der Waals surface area contributed by atoms with Gasteiger partial charge in [-0.05, 0) is 50.5 Å². The highest BCUT2D eigenvalue weighted by molar-refractivity contribution is 5.91. The van der Waals surface area contributed by atoms with Gasteiger partial charge in [-0.25, -0.2) is 0 Å². The van der Waals surface area contributed by atoms with E-state index >= 15 is 0 Å². The highest BCUT2D eigenvalue weighted by atomic mass is 16.3. The van der Waals surface area contributed by atoms with Crippen LogP contribution in [0.25, 0.3) is 0 Å². The summed E-state index contributed by atoms with van der Waals surface area (Å²) in [4.78, 5) is 5.08. The van der Waals surface area contributed by atoms with Crippen molar-refractivity contribution in [3.8, 4) is 0 Å². The summed E-state index contributed by atoms with van der Waals surface area (Å²) in [5.74, 6) is 1.86. The van der Waals surface area contributed by atoms with Crippen molar-refractivity contribution in [1.29, 1.82) is 0 Å². The second-order valence-electron chi connectivity index (χ2n) is 7.21. The molecule has 1 aromatic rings. The Kier molecular flexibility index (Phi) is 2.78. The first kappa shape index (κ1) is 12.6. The molecule has 0 radical (unpaired) electrons. The van der Waals surface area contributed by atoms with Crippen LogP contribution in [0.1, 0.15) is 50.6 Å². The maximum atomic E-state index is 10.6. The summed E-state index contributed by atoms with van der Waals surface area (Å²) in [7, 11) is 0. The third-order valence-corrected chi connectivity index (χ3v) is 5.62. The summed E-state index contributed by atoms with van der Waals surface area (Å²) in [5, 5.41) is 10.6. The van der Waals surface area contributed by atoms with E-state index in [4.69, 9.17) is 4.99 Å². The first-order valence-corrected chi connectivity index (χ1v) is 7.98. The molecule has 0 aromatic heterocycles. The summed E-state index contributed by atoms with van der Waals surface area (Å²) < 4.78 is 0. The fraction of sp³-hybridized carbons (Fsp3) is 0.611. The van der Waals surface area contributed by atoms with Gasteiger partial charge in [0.1, 0.15) is 0 Å². The zero-order chi connectivity index (χ0) is 13.7. The second kappa shape index (κ2) is 4.42. The van der Waals surface area contributed by atoms with E-state index in [0.717, 1.165) is 25.2 Å². The first-order valence-electron chi connectivity index (χ1n) is 7.98. The Morgan fingerprint density at radius 1 is 1.10 bits per heavy atom. The van der Waals surface area contributed by atoms with Crippen LogP contribution in [0.3, 0.4) is 0 Å². The van der Waals surface area contributed by atoms with E-state index in [0.29, 0.717) is 11.8 Å². The summed E-state index contributed by atoms with van der Waals surface area (Å²) in [5.41, 5.74) is 2.36. The first-order chi connectivity index (χ1) is 9.63. The molecular weight excluding hydrogens is 246 g/mol. The lowest BCUT2D eigenvalue weighted by atomic mass is 9.53. The molecule has 0 heterocycles. The van der Waals surface area contributed by atoms with Crippen molar-refractivity contribution in [1.82, 2.24) is 0 Å². The Hall–Kier alpha value is -1.15. The van der Waals surface area contributed by atoms with Crippen LogP contribution in [0.5, 0.6) is 0 Å². The summed E-state index contributed by atoms with van der Waals surface area (Å²) in [6.07, 6.45) is 5.49. The third kappa shape index (κ3) is 2.01. The van der Waals surface area contributed by atoms with E-state index < -0.39 is 0 Å². The number of hydrogen-bond donors (Lipinski definition) is 1. The predicted octanol–water partition coefficient (Wildman–Crippen LogP) is 3.76. The predicted molar refractivity (Wildman–Crippen MR) is 80.8 cm³/mol. The number of benzene rings is 1. The van der Waals surface area contributed by atoms with Gasteiger partial charge in [-0.1, -0.05) is 30.3 Å². The van der Waals surface area contributed by atoms with E-state index in [1.54, 1.807) is 0 Å². The molecule has 0 spiro atoms. The molecule has 4 saturated carbocycles. The van der Waals surface area contributed by atoms with Gasteiger partial charge in [-0.2, -0.15) is 0 Å². The van der Waals surface area contributed by atoms with Crippen molar-refractivity contribution < 1.29 is 5.11 Å². The van der Waals surface area contributed by atoms with Crippen LogP contribution in [0.4, 0.5) is 0 Å². The normalized spacial score (nSPS) is 42.1. The van der Waals surface area contributed by atoms with Crippen LogP contribution in [0, 0.1) is 17.8 Å². The molecule has 0 aliphatic heterocycles. The Morgan fingerprint density at radius 2 is 1.75 bits per heavy atom. The minimum Gasteiger partial charge on any atom is -0.390 e. The maximum absolute atomic E-state index is 10.6. The Balaban J connectivity index is 1.62. The highest BCUT2D eigenvalue weighted by Gasteiger charge is 2.53. The largest absolute Gasteiger partial charge is 0.390 e. The summed E-state index contributed by atoms with van der Waals surface area (Å²) >= 11 is 0. The molecule has 4 fully saturated rings. The fourth-order valence-electron chi connectivity index (χ4n) is 4.96. The SMILES string of the molecule is C[C@H](N=C1[C@@H]2CC3C[C@H]1CC(O)(C3)C2)c1ccccc1. The minimum absolute atomic E-state index is 0.248. The molecule has 4 aliphatic rings. The smallest absolute Gasteiger partial charge is 0.0720 e. The third-order valence-electron chi connectivity index (χ3n) is 5.62. The van der Waals surface area contributed by atoms with Crippen LogP contribution in [-0.4, -0.2) is 16.4 Å². The maximum Gasteiger partial charge on any atom is 0.0720 e. The molecule has 5 atom stereocenters. The topological polar surface area (TPSA) is 32.6 Å². The Bertz CT molecular complexity index is 518. The fourth-order valence-corrected chi connectivity index (χ4v) is 4.96. The van der Waals surface area contributed by atoms with Crippen molar-refractivity contribution in [3.05, 3.63) is 35.9 Å². The number of aliphatic imine (C=N–C) groups is 1. The molecular formula is C18H23NO. The molecule has 2 heteroatoms. The number of rotatable bonds is 2. The molecule has 4 aliphatic carbocycles. The lowest BCUT2D eigenvalue weighted by Gasteiger charge is -2.55.